The van der Waals surface area contributed by atoms with E-state index in [0.29, 0.717) is 5.23 Å². The van der Waals surface area contributed by atoms with Gasteiger partial charge in [-0.1, -0.05) is 10.4 Å². The van der Waals surface area contributed by atoms with E-state index in [9.17, 15) is 24.7 Å². The second-order valence-electron chi connectivity index (χ2n) is 5.40. The van der Waals surface area contributed by atoms with Crippen molar-refractivity contribution < 1.29 is 38.5 Å². The summed E-state index contributed by atoms with van der Waals surface area (Å²) in [6, 6.07) is 0. The van der Waals surface area contributed by atoms with Gasteiger partial charge in [-0.05, 0) is 0 Å². The lowest BCUT2D eigenvalue weighted by molar-refractivity contribution is -0.108. The van der Waals surface area contributed by atoms with Crippen molar-refractivity contribution in [2.45, 2.75) is 24.5 Å². The zero-order valence-corrected chi connectivity index (χ0v) is 12.8. The predicted molar refractivity (Wildman–Crippen MR) is 71.4 cm³/mol. The van der Waals surface area contributed by atoms with Gasteiger partial charge >= 0.3 is 13.4 Å². The molecule has 2 aromatic rings. The minimum Gasteiger partial charge on any atom is -0.394 e. The Bertz CT molecular complexity index is 980. The molecular weight excluding hydrogens is 367 g/mol. The van der Waals surface area contributed by atoms with Gasteiger partial charge in [-0.15, -0.1) is 19.1 Å². The first-order valence-corrected chi connectivity index (χ1v) is 8.38. The molecule has 0 aliphatic carbocycles. The molecule has 0 amide bonds. The molecule has 4 aliphatic rings. The summed E-state index contributed by atoms with van der Waals surface area (Å²) < 4.78 is 33.6. The van der Waals surface area contributed by atoms with Crippen molar-refractivity contribution in [1.82, 2.24) is 24.7 Å². The summed E-state index contributed by atoms with van der Waals surface area (Å²) in [4.78, 5) is 15.7. The molecule has 2 saturated heterocycles. The minimum atomic E-state index is -3.88. The third kappa shape index (κ3) is 1.87. The van der Waals surface area contributed by atoms with Crippen molar-refractivity contribution in [2.75, 3.05) is 11.8 Å². The van der Waals surface area contributed by atoms with Crippen LogP contribution in [-0.4, -0.2) is 64.9 Å². The molecule has 4 unspecified atom stereocenters. The van der Waals surface area contributed by atoms with Crippen LogP contribution in [0.3, 0.4) is 0 Å². The number of hydrogen-bond acceptors (Lipinski definition) is 13. The quantitative estimate of drug-likeness (QED) is 0.447. The molecule has 25 heavy (non-hydrogen) atoms. The van der Waals surface area contributed by atoms with Crippen LogP contribution in [0.15, 0.2) is 4.79 Å². The number of ether oxygens (including phenoxy) is 1. The fraction of sp³-hybridized carbons (Fsp3) is 0.556. The standard InChI is InChI=1S/C9H9N6O9P/c16-1-2-4(17)5(18)8(21-2)13-7-3(11-12-13)6(19)10-9-14(7)22-25(20)23-15(9)24-25/h2,4-5,8,16-18H,1H2. The maximum Gasteiger partial charge on any atom is 0.597 e. The lowest BCUT2D eigenvalue weighted by Gasteiger charge is -2.39. The molecule has 4 atom stereocenters. The largest absolute Gasteiger partial charge is 0.597 e. The van der Waals surface area contributed by atoms with Gasteiger partial charge in [-0.2, -0.15) is 9.67 Å². The third-order valence-electron chi connectivity index (χ3n) is 3.90. The van der Waals surface area contributed by atoms with Crippen LogP contribution in [-0.2, 0) is 18.6 Å². The Labute approximate surface area is 136 Å². The summed E-state index contributed by atoms with van der Waals surface area (Å²) in [7, 11) is -3.88. The molecule has 134 valence electrons. The number of aliphatic hydroxyl groups is 3. The topological polar surface area (TPSA) is 184 Å². The van der Waals surface area contributed by atoms with Crippen LogP contribution in [0.1, 0.15) is 6.23 Å². The number of anilines is 1. The van der Waals surface area contributed by atoms with Crippen LogP contribution in [0, 0.1) is 0 Å². The number of phosphoric acid groups is 1. The summed E-state index contributed by atoms with van der Waals surface area (Å²) in [5, 5.41) is 37.2. The van der Waals surface area contributed by atoms with Crippen molar-refractivity contribution in [3.05, 3.63) is 10.4 Å². The van der Waals surface area contributed by atoms with Crippen LogP contribution in [0.5, 0.6) is 0 Å². The summed E-state index contributed by atoms with van der Waals surface area (Å²) in [5.41, 5.74) is -1.24. The molecular formula is C9H9N6O9P. The summed E-state index contributed by atoms with van der Waals surface area (Å²) in [6.07, 6.45) is -5.25. The molecule has 3 N–H and O–H groups in total. The Kier molecular flexibility index (Phi) is 2.87. The number of rotatable bonds is 2. The van der Waals surface area contributed by atoms with E-state index in [4.69, 9.17) is 18.6 Å². The van der Waals surface area contributed by atoms with E-state index in [0.717, 1.165) is 9.41 Å². The average molecular weight is 376 g/mol. The molecule has 16 heteroatoms. The van der Waals surface area contributed by atoms with Gasteiger partial charge in [-0.25, -0.2) is 4.57 Å². The normalized spacial score (nSPS) is 32.4. The number of aromatic nitrogens is 5. The SMILES string of the molecule is O=c1nc2n(c3c1nnn3C1OC(CO)C(O)C1O)OP1(=O)ON2O1. The minimum absolute atomic E-state index is 0.151. The first kappa shape index (κ1) is 15.2. The molecule has 15 nitrogen and oxygen atoms in total. The van der Waals surface area contributed by atoms with E-state index in [-0.39, 0.29) is 17.1 Å². The first-order chi connectivity index (χ1) is 11.9. The first-order valence-electron chi connectivity index (χ1n) is 6.92. The van der Waals surface area contributed by atoms with E-state index in [1.54, 1.807) is 0 Å². The van der Waals surface area contributed by atoms with Crippen LogP contribution in [0.25, 0.3) is 11.2 Å². The van der Waals surface area contributed by atoms with Crippen molar-refractivity contribution in [3.63, 3.8) is 0 Å². The lowest BCUT2D eigenvalue weighted by atomic mass is 10.1. The van der Waals surface area contributed by atoms with Crippen LogP contribution >= 0.6 is 7.82 Å². The number of fused-ring (bicyclic) bond motifs is 1. The highest BCUT2D eigenvalue weighted by molar-refractivity contribution is 7.50. The van der Waals surface area contributed by atoms with Gasteiger partial charge < -0.3 is 24.7 Å². The average Bonchev–Trinajstić information content (AvgIpc) is 3.11. The fourth-order valence-electron chi connectivity index (χ4n) is 2.73. The monoisotopic (exact) mass is 376 g/mol. The van der Waals surface area contributed by atoms with Gasteiger partial charge in [0.15, 0.2) is 6.23 Å². The van der Waals surface area contributed by atoms with E-state index < -0.39 is 44.5 Å². The van der Waals surface area contributed by atoms with Crippen LogP contribution in [0.2, 0.25) is 0 Å². The smallest absolute Gasteiger partial charge is 0.394 e. The van der Waals surface area contributed by atoms with E-state index >= 15 is 0 Å². The Morgan fingerprint density at radius 1 is 1.20 bits per heavy atom. The highest BCUT2D eigenvalue weighted by atomic mass is 31.2. The summed E-state index contributed by atoms with van der Waals surface area (Å²) >= 11 is 0. The summed E-state index contributed by atoms with van der Waals surface area (Å²) in [5.74, 6) is -0.287. The number of nitrogens with zero attached hydrogens (tertiary/aromatic N) is 6. The lowest BCUT2D eigenvalue weighted by Crippen LogP contribution is -2.46. The van der Waals surface area contributed by atoms with Crippen LogP contribution in [0.4, 0.5) is 5.95 Å². The molecule has 6 rings (SSSR count). The van der Waals surface area contributed by atoms with Crippen molar-refractivity contribution >= 4 is 24.9 Å². The highest BCUT2D eigenvalue weighted by Gasteiger charge is 2.56. The van der Waals surface area contributed by atoms with Crippen molar-refractivity contribution in [2.24, 2.45) is 0 Å². The zero-order valence-electron chi connectivity index (χ0n) is 11.9. The van der Waals surface area contributed by atoms with E-state index in [1.807, 2.05) is 0 Å². The Morgan fingerprint density at radius 3 is 2.64 bits per heavy atom. The van der Waals surface area contributed by atoms with Gasteiger partial charge in [-0.3, -0.25) is 4.79 Å². The number of aliphatic hydroxyl groups excluding tert-OH is 3. The van der Waals surface area contributed by atoms with E-state index in [2.05, 4.69) is 15.3 Å². The van der Waals surface area contributed by atoms with Gasteiger partial charge in [0.1, 0.15) is 18.3 Å². The second kappa shape index (κ2) is 4.73. The molecule has 6 heterocycles. The third-order valence-corrected chi connectivity index (χ3v) is 4.96. The molecule has 0 saturated carbocycles. The zero-order chi connectivity index (χ0) is 17.5. The Balaban J connectivity index is 1.71. The molecule has 2 fully saturated rings. The molecule has 0 spiro atoms. The molecule has 4 aliphatic heterocycles. The number of hydrogen-bond donors (Lipinski definition) is 3. The van der Waals surface area contributed by atoms with Crippen LogP contribution < -0.4 is 15.4 Å². The highest BCUT2D eigenvalue weighted by Crippen LogP contribution is 2.61. The molecule has 2 bridgehead atoms. The van der Waals surface area contributed by atoms with Gasteiger partial charge in [0.05, 0.1) is 6.61 Å². The maximum absolute atomic E-state index is 12.1. The van der Waals surface area contributed by atoms with Gasteiger partial charge in [0, 0.05) is 0 Å². The Morgan fingerprint density at radius 2 is 1.96 bits per heavy atom. The second-order valence-corrected chi connectivity index (χ2v) is 6.78. The summed E-state index contributed by atoms with van der Waals surface area (Å²) in [6.45, 7) is -0.553. The van der Waals surface area contributed by atoms with E-state index in [1.165, 1.54) is 0 Å². The molecule has 0 radical (unpaired) electrons. The Hall–Kier alpha value is -2.13. The molecule has 0 aromatic carbocycles. The van der Waals surface area contributed by atoms with Crippen molar-refractivity contribution in [1.29, 1.82) is 0 Å². The molecule has 2 aromatic heterocycles. The fourth-order valence-corrected chi connectivity index (χ4v) is 3.67. The van der Waals surface area contributed by atoms with Crippen molar-refractivity contribution in [3.8, 4) is 0 Å². The predicted octanol–water partition coefficient (Wildman–Crippen LogP) is -3.17. The van der Waals surface area contributed by atoms with Gasteiger partial charge in [0.25, 0.3) is 5.95 Å². The van der Waals surface area contributed by atoms with Gasteiger partial charge in [0.2, 0.25) is 11.2 Å². The maximum atomic E-state index is 12.1.